The van der Waals surface area contributed by atoms with Crippen LogP contribution in [0.1, 0.15) is 16.5 Å². The van der Waals surface area contributed by atoms with Crippen LogP contribution in [0.2, 0.25) is 0 Å². The maximum Gasteiger partial charge on any atom is 0.416 e. The van der Waals surface area contributed by atoms with Crippen molar-refractivity contribution < 1.29 is 32.4 Å². The van der Waals surface area contributed by atoms with Crippen LogP contribution >= 0.6 is 11.8 Å². The molecule has 2 aromatic rings. The molecule has 2 aliphatic rings. The third-order valence-electron chi connectivity index (χ3n) is 4.30. The molecule has 0 spiro atoms. The fourth-order valence-electron chi connectivity index (χ4n) is 3.07. The molecule has 146 valence electrons. The van der Waals surface area contributed by atoms with Crippen LogP contribution in [0.5, 0.6) is 11.5 Å². The summed E-state index contributed by atoms with van der Waals surface area (Å²) in [5.41, 5.74) is -1.04. The Labute approximate surface area is 160 Å². The second-order valence-corrected chi connectivity index (χ2v) is 7.07. The maximum atomic E-state index is 13.1. The van der Waals surface area contributed by atoms with Crippen LogP contribution in [0.25, 0.3) is 0 Å². The first-order valence-electron chi connectivity index (χ1n) is 7.94. The Morgan fingerprint density at radius 3 is 2.57 bits per heavy atom. The first-order valence-corrected chi connectivity index (χ1v) is 8.99. The molecule has 0 saturated carbocycles. The van der Waals surface area contributed by atoms with Crippen molar-refractivity contribution in [2.24, 2.45) is 0 Å². The zero-order chi connectivity index (χ0) is 20.1. The van der Waals surface area contributed by atoms with Crippen molar-refractivity contribution in [2.75, 3.05) is 17.4 Å². The summed E-state index contributed by atoms with van der Waals surface area (Å²) in [6.45, 7) is -0.0932. The normalized spacial score (nSPS) is 18.6. The molecule has 1 amide bonds. The Morgan fingerprint density at radius 1 is 1.18 bits per heavy atom. The average Bonchev–Trinajstić information content (AvgIpc) is 3.25. The zero-order valence-electron chi connectivity index (χ0n) is 13.9. The van der Waals surface area contributed by atoms with Gasteiger partial charge in [-0.05, 0) is 24.3 Å². The van der Waals surface area contributed by atoms with Crippen LogP contribution in [-0.4, -0.2) is 23.4 Å². The lowest BCUT2D eigenvalue weighted by molar-refractivity contribution is -0.385. The second kappa shape index (κ2) is 6.59. The number of nitro benzene ring substituents is 1. The third kappa shape index (κ3) is 3.11. The lowest BCUT2D eigenvalue weighted by atomic mass is 10.1. The third-order valence-corrected chi connectivity index (χ3v) is 5.50. The first kappa shape index (κ1) is 18.4. The van der Waals surface area contributed by atoms with Crippen molar-refractivity contribution in [3.05, 3.63) is 57.6 Å². The SMILES string of the molecule is O=C1CS[C@@H](c2cc3c(cc2[N+](=O)[O-])OCO3)N1c1cccc(C(F)(F)F)c1. The number of carbonyl (C=O) groups excluding carboxylic acids is 1. The molecule has 2 aliphatic heterocycles. The summed E-state index contributed by atoms with van der Waals surface area (Å²) in [6.07, 6.45) is -4.58. The predicted octanol–water partition coefficient (Wildman–Crippen LogP) is 4.12. The minimum absolute atomic E-state index is 0.0155. The summed E-state index contributed by atoms with van der Waals surface area (Å²) in [5, 5.41) is 10.7. The van der Waals surface area contributed by atoms with E-state index in [0.29, 0.717) is 0 Å². The van der Waals surface area contributed by atoms with Crippen molar-refractivity contribution >= 4 is 29.0 Å². The van der Waals surface area contributed by atoms with Gasteiger partial charge in [0, 0.05) is 5.69 Å². The summed E-state index contributed by atoms with van der Waals surface area (Å²) in [7, 11) is 0. The van der Waals surface area contributed by atoms with Crippen molar-refractivity contribution in [2.45, 2.75) is 11.6 Å². The van der Waals surface area contributed by atoms with E-state index in [9.17, 15) is 28.1 Å². The molecule has 2 aromatic carbocycles. The number of nitro groups is 1. The maximum absolute atomic E-state index is 13.1. The summed E-state index contributed by atoms with van der Waals surface area (Å²) in [5.74, 6) is 0.0215. The van der Waals surface area contributed by atoms with Crippen molar-refractivity contribution in [1.29, 1.82) is 0 Å². The van der Waals surface area contributed by atoms with Crippen LogP contribution in [0.4, 0.5) is 24.5 Å². The minimum Gasteiger partial charge on any atom is -0.454 e. The van der Waals surface area contributed by atoms with Gasteiger partial charge in [-0.1, -0.05) is 6.07 Å². The monoisotopic (exact) mass is 412 g/mol. The number of hydrogen-bond acceptors (Lipinski definition) is 6. The summed E-state index contributed by atoms with van der Waals surface area (Å²) >= 11 is 1.09. The molecule has 0 bridgehead atoms. The largest absolute Gasteiger partial charge is 0.454 e. The molecule has 0 radical (unpaired) electrons. The number of ether oxygens (including phenoxy) is 2. The highest BCUT2D eigenvalue weighted by molar-refractivity contribution is 8.00. The lowest BCUT2D eigenvalue weighted by Crippen LogP contribution is -2.28. The molecule has 1 fully saturated rings. The molecule has 0 N–H and O–H groups in total. The van der Waals surface area contributed by atoms with Gasteiger partial charge >= 0.3 is 6.18 Å². The standard InChI is InChI=1S/C17H11F3N2O5S/c18-17(19,20)9-2-1-3-10(4-9)21-15(23)7-28-16(21)11-5-13-14(27-8-26-13)6-12(11)22(24)25/h1-6,16H,7-8H2/t16-/m0/s1. The summed E-state index contributed by atoms with van der Waals surface area (Å²) < 4.78 is 49.6. The van der Waals surface area contributed by atoms with Crippen molar-refractivity contribution in [1.82, 2.24) is 0 Å². The number of thioether (sulfide) groups is 1. The molecule has 0 unspecified atom stereocenters. The van der Waals surface area contributed by atoms with Gasteiger partial charge < -0.3 is 9.47 Å². The fourth-order valence-corrected chi connectivity index (χ4v) is 4.26. The summed E-state index contributed by atoms with van der Waals surface area (Å²) in [4.78, 5) is 24.5. The topological polar surface area (TPSA) is 81.9 Å². The summed E-state index contributed by atoms with van der Waals surface area (Å²) in [6, 6.07) is 6.91. The van der Waals surface area contributed by atoms with E-state index in [4.69, 9.17) is 9.47 Å². The van der Waals surface area contributed by atoms with Gasteiger partial charge in [0.05, 0.1) is 27.9 Å². The first-order chi connectivity index (χ1) is 13.3. The number of fused-ring (bicyclic) bond motifs is 1. The number of hydrogen-bond donors (Lipinski definition) is 0. The molecular formula is C17H11F3N2O5S. The van der Waals surface area contributed by atoms with Gasteiger partial charge in [0.25, 0.3) is 5.69 Å². The highest BCUT2D eigenvalue weighted by Crippen LogP contribution is 2.49. The lowest BCUT2D eigenvalue weighted by Gasteiger charge is -2.25. The second-order valence-electron chi connectivity index (χ2n) is 6.00. The number of nitrogens with zero attached hydrogens (tertiary/aromatic N) is 2. The molecule has 1 atom stereocenters. The highest BCUT2D eigenvalue weighted by atomic mass is 32.2. The van der Waals surface area contributed by atoms with Gasteiger partial charge in [-0.15, -0.1) is 11.8 Å². The number of benzene rings is 2. The fraction of sp³-hybridized carbons (Fsp3) is 0.235. The minimum atomic E-state index is -4.58. The van der Waals surface area contributed by atoms with Crippen molar-refractivity contribution in [3.63, 3.8) is 0 Å². The van der Waals surface area contributed by atoms with E-state index in [1.54, 1.807) is 0 Å². The molecule has 0 aromatic heterocycles. The quantitative estimate of drug-likeness (QED) is 0.557. The number of carbonyl (C=O) groups is 1. The van der Waals surface area contributed by atoms with Gasteiger partial charge in [0.2, 0.25) is 12.7 Å². The van der Waals surface area contributed by atoms with E-state index < -0.39 is 27.9 Å². The van der Waals surface area contributed by atoms with Gasteiger partial charge in [0.1, 0.15) is 5.37 Å². The molecule has 28 heavy (non-hydrogen) atoms. The highest BCUT2D eigenvalue weighted by Gasteiger charge is 2.40. The van der Waals surface area contributed by atoms with E-state index in [0.717, 1.165) is 28.8 Å². The number of anilines is 1. The Balaban J connectivity index is 1.81. The van der Waals surface area contributed by atoms with Gasteiger partial charge in [-0.2, -0.15) is 13.2 Å². The molecule has 11 heteroatoms. The Hall–Kier alpha value is -2.95. The van der Waals surface area contributed by atoms with E-state index in [2.05, 4.69) is 0 Å². The van der Waals surface area contributed by atoms with E-state index in [1.165, 1.54) is 24.3 Å². The van der Waals surface area contributed by atoms with Crippen LogP contribution in [-0.2, 0) is 11.0 Å². The Bertz CT molecular complexity index is 982. The van der Waals surface area contributed by atoms with E-state index in [1.807, 2.05) is 0 Å². The Morgan fingerprint density at radius 2 is 1.89 bits per heavy atom. The number of halogens is 3. The van der Waals surface area contributed by atoms with Gasteiger partial charge in [-0.3, -0.25) is 19.8 Å². The van der Waals surface area contributed by atoms with Crippen LogP contribution < -0.4 is 14.4 Å². The van der Waals surface area contributed by atoms with Crippen LogP contribution in [0.15, 0.2) is 36.4 Å². The predicted molar refractivity (Wildman–Crippen MR) is 93.3 cm³/mol. The molecule has 7 nitrogen and oxygen atoms in total. The molecule has 4 rings (SSSR count). The molecular weight excluding hydrogens is 401 g/mol. The number of rotatable bonds is 3. The number of amides is 1. The molecule has 2 heterocycles. The smallest absolute Gasteiger partial charge is 0.416 e. The molecule has 1 saturated heterocycles. The number of alkyl halides is 3. The van der Waals surface area contributed by atoms with Crippen molar-refractivity contribution in [3.8, 4) is 11.5 Å². The van der Waals surface area contributed by atoms with E-state index >= 15 is 0 Å². The van der Waals surface area contributed by atoms with Crippen LogP contribution in [0, 0.1) is 10.1 Å². The average molecular weight is 412 g/mol. The Kier molecular flexibility index (Phi) is 4.33. The van der Waals surface area contributed by atoms with E-state index in [-0.39, 0.29) is 41.0 Å². The van der Waals surface area contributed by atoms with Gasteiger partial charge in [-0.25, -0.2) is 0 Å². The zero-order valence-corrected chi connectivity index (χ0v) is 14.7. The van der Waals surface area contributed by atoms with Crippen LogP contribution in [0.3, 0.4) is 0 Å². The van der Waals surface area contributed by atoms with Gasteiger partial charge in [0.15, 0.2) is 11.5 Å². The molecule has 0 aliphatic carbocycles.